The number of hydrogen-bond acceptors (Lipinski definition) is 7. The van der Waals surface area contributed by atoms with Gasteiger partial charge in [-0.05, 0) is 0 Å². The normalized spacial score (nSPS) is 16.8. The monoisotopic (exact) mass is 398 g/mol. The number of rotatable bonds is 7. The number of carbonyl (C=O) groups is 1. The molecule has 0 heterocycles. The second kappa shape index (κ2) is 9.15. The van der Waals surface area contributed by atoms with Crippen LogP contribution in [0.3, 0.4) is 0 Å². The summed E-state index contributed by atoms with van der Waals surface area (Å²) in [4.78, 5) is 27.2. The molecule has 0 aromatic carbocycles. The summed E-state index contributed by atoms with van der Waals surface area (Å²) >= 11 is 0. The van der Waals surface area contributed by atoms with E-state index in [0.717, 1.165) is 0 Å². The number of hydrogen-bond donors (Lipinski definition) is 6. The number of phosphoric acid groups is 1. The summed E-state index contributed by atoms with van der Waals surface area (Å²) in [5, 5.41) is 35.6. The van der Waals surface area contributed by atoms with Crippen molar-refractivity contribution in [3.05, 3.63) is 0 Å². The largest absolute Gasteiger partial charge is 0.469 e. The van der Waals surface area contributed by atoms with E-state index in [9.17, 15) is 9.36 Å². The smallest absolute Gasteiger partial charge is 0.388 e. The van der Waals surface area contributed by atoms with Gasteiger partial charge in [0.15, 0.2) is 5.78 Å². The van der Waals surface area contributed by atoms with Gasteiger partial charge in [0.2, 0.25) is 0 Å². The summed E-state index contributed by atoms with van der Waals surface area (Å²) in [5.41, 5.74) is 0. The molecule has 11 heteroatoms. The van der Waals surface area contributed by atoms with Gasteiger partial charge in [0.25, 0.3) is 0 Å². The average Bonchev–Trinajstić information content (AvgIpc) is 2.21. The first kappa shape index (κ1) is 20.5. The van der Waals surface area contributed by atoms with Gasteiger partial charge in [0.05, 0.1) is 6.61 Å². The Balaban J connectivity index is 0. The number of carbonyl (C=O) groups excluding carboxylic acids is 1. The Morgan fingerprint density at radius 3 is 2.06 bits per heavy atom. The topological polar surface area (TPSA) is 165 Å². The third-order valence-corrected chi connectivity index (χ3v) is 2.10. The van der Waals surface area contributed by atoms with Crippen LogP contribution in [0.2, 0.25) is 0 Å². The number of aliphatic hydroxyl groups is 4. The predicted molar refractivity (Wildman–Crippen MR) is 53.9 cm³/mol. The molecule has 0 aromatic heterocycles. The van der Waals surface area contributed by atoms with E-state index >= 15 is 0 Å². The Morgan fingerprint density at radius 2 is 1.71 bits per heavy atom. The van der Waals surface area contributed by atoms with Crippen LogP contribution in [0.4, 0.5) is 0 Å². The van der Waals surface area contributed by atoms with E-state index in [1.165, 1.54) is 0 Å². The van der Waals surface area contributed by atoms with Crippen molar-refractivity contribution in [1.29, 1.82) is 0 Å². The van der Waals surface area contributed by atoms with E-state index in [2.05, 4.69) is 4.52 Å². The molecule has 9 nitrogen and oxygen atoms in total. The van der Waals surface area contributed by atoms with Crippen LogP contribution >= 0.6 is 7.82 Å². The van der Waals surface area contributed by atoms with Crippen LogP contribution in [0.15, 0.2) is 0 Å². The van der Waals surface area contributed by atoms with E-state index in [0.29, 0.717) is 0 Å². The van der Waals surface area contributed by atoms with Crippen molar-refractivity contribution in [2.45, 2.75) is 18.3 Å². The summed E-state index contributed by atoms with van der Waals surface area (Å²) in [7, 11) is -4.81. The first-order valence-electron chi connectivity index (χ1n) is 4.07. The zero-order valence-corrected chi connectivity index (χ0v) is 14.0. The molecule has 0 aromatic rings. The van der Waals surface area contributed by atoms with Crippen molar-refractivity contribution in [3.8, 4) is 0 Å². The standard InChI is InChI=1S/C6H13O9P.Ba/c7-1-3(8)5(10)6(11)4(9)2-15-16(12,13)14;/h4-7,9-11H,1-2H2,(H2,12,13,14);/t4-,5-,6-;/m1./s1. The van der Waals surface area contributed by atoms with Crippen LogP contribution < -0.4 is 0 Å². The molecule has 0 spiro atoms. The van der Waals surface area contributed by atoms with Gasteiger partial charge in [-0.2, -0.15) is 0 Å². The molecule has 0 saturated heterocycles. The van der Waals surface area contributed by atoms with E-state index in [4.69, 9.17) is 30.2 Å². The predicted octanol–water partition coefficient (Wildman–Crippen LogP) is -3.64. The molecule has 0 amide bonds. The minimum atomic E-state index is -4.81. The Labute approximate surface area is 137 Å². The zero-order valence-electron chi connectivity index (χ0n) is 8.71. The third-order valence-electron chi connectivity index (χ3n) is 1.62. The molecule has 17 heavy (non-hydrogen) atoms. The Morgan fingerprint density at radius 1 is 1.24 bits per heavy atom. The Kier molecular flexibility index (Phi) is 11.0. The first-order valence-corrected chi connectivity index (χ1v) is 5.60. The van der Waals surface area contributed by atoms with E-state index in [1.807, 2.05) is 0 Å². The van der Waals surface area contributed by atoms with Crippen LogP contribution in [0.5, 0.6) is 0 Å². The maximum absolute atomic E-state index is 10.7. The van der Waals surface area contributed by atoms with Gasteiger partial charge in [-0.1, -0.05) is 0 Å². The quantitative estimate of drug-likeness (QED) is 0.188. The van der Waals surface area contributed by atoms with Crippen molar-refractivity contribution in [1.82, 2.24) is 0 Å². The third kappa shape index (κ3) is 8.83. The number of Topliss-reactive ketones (excluding diaryl/α,β-unsaturated/α-hetero) is 1. The average molecular weight is 397 g/mol. The number of phosphoric ester groups is 1. The molecule has 0 aliphatic heterocycles. The van der Waals surface area contributed by atoms with Gasteiger partial charge in [-0.25, -0.2) is 4.57 Å². The van der Waals surface area contributed by atoms with Gasteiger partial charge in [-0.3, -0.25) is 9.32 Å². The zero-order chi connectivity index (χ0) is 12.9. The molecular formula is C6H13BaO9P. The Bertz CT molecular complexity index is 279. The van der Waals surface area contributed by atoms with Crippen molar-refractivity contribution in [2.24, 2.45) is 0 Å². The van der Waals surface area contributed by atoms with E-state index < -0.39 is 45.1 Å². The van der Waals surface area contributed by atoms with Crippen molar-refractivity contribution < 1.29 is 44.1 Å². The Hall–Kier alpha value is 1.19. The molecule has 0 fully saturated rings. The molecule has 0 bridgehead atoms. The van der Waals surface area contributed by atoms with Crippen LogP contribution in [0.25, 0.3) is 0 Å². The van der Waals surface area contributed by atoms with Crippen molar-refractivity contribution >= 4 is 62.5 Å². The van der Waals surface area contributed by atoms with E-state index in [-0.39, 0.29) is 48.9 Å². The number of ketones is 1. The van der Waals surface area contributed by atoms with Crippen molar-refractivity contribution in [2.75, 3.05) is 13.2 Å². The molecule has 0 aliphatic rings. The molecule has 2 radical (unpaired) electrons. The summed E-state index contributed by atoms with van der Waals surface area (Å²) < 4.78 is 14.1. The fourth-order valence-electron chi connectivity index (χ4n) is 0.766. The van der Waals surface area contributed by atoms with Gasteiger partial charge in [-0.15, -0.1) is 0 Å². The van der Waals surface area contributed by atoms with Gasteiger partial charge in [0.1, 0.15) is 24.9 Å². The minimum absolute atomic E-state index is 0. The molecule has 98 valence electrons. The van der Waals surface area contributed by atoms with Crippen molar-refractivity contribution in [3.63, 3.8) is 0 Å². The van der Waals surface area contributed by atoms with Gasteiger partial charge < -0.3 is 30.2 Å². The first-order chi connectivity index (χ1) is 7.19. The SMILES string of the molecule is O=C(CO)[C@@H](O)[C@H](O)[C@H](O)COP(=O)(O)O.[Ba]. The second-order valence-electron chi connectivity index (χ2n) is 2.91. The van der Waals surface area contributed by atoms with Gasteiger partial charge >= 0.3 is 7.82 Å². The van der Waals surface area contributed by atoms with Crippen LogP contribution in [-0.4, -0.2) is 116 Å². The van der Waals surface area contributed by atoms with Crippen LogP contribution in [0, 0.1) is 0 Å². The van der Waals surface area contributed by atoms with Gasteiger partial charge in [0, 0.05) is 48.9 Å². The molecular weight excluding hydrogens is 384 g/mol. The maximum Gasteiger partial charge on any atom is 0.469 e. The van der Waals surface area contributed by atoms with Crippen LogP contribution in [0.1, 0.15) is 0 Å². The molecule has 0 unspecified atom stereocenters. The fraction of sp³-hybridized carbons (Fsp3) is 0.833. The minimum Gasteiger partial charge on any atom is -0.388 e. The number of aliphatic hydroxyl groups excluding tert-OH is 4. The fourth-order valence-corrected chi connectivity index (χ4v) is 1.11. The summed E-state index contributed by atoms with van der Waals surface area (Å²) in [6, 6.07) is 0. The molecule has 0 aliphatic carbocycles. The molecule has 0 rings (SSSR count). The summed E-state index contributed by atoms with van der Waals surface area (Å²) in [6.07, 6.45) is -5.94. The summed E-state index contributed by atoms with van der Waals surface area (Å²) in [5.74, 6) is -1.14. The second-order valence-corrected chi connectivity index (χ2v) is 4.15. The molecule has 0 saturated carbocycles. The maximum atomic E-state index is 10.7. The van der Waals surface area contributed by atoms with Crippen LogP contribution in [-0.2, 0) is 13.9 Å². The van der Waals surface area contributed by atoms with E-state index in [1.54, 1.807) is 0 Å². The molecule has 6 N–H and O–H groups in total. The molecule has 3 atom stereocenters. The summed E-state index contributed by atoms with van der Waals surface area (Å²) in [6.45, 7) is -2.01.